The first-order chi connectivity index (χ1) is 8.37. The topological polar surface area (TPSA) is 12.0 Å². The molecule has 1 unspecified atom stereocenters. The second-order valence-corrected chi connectivity index (χ2v) is 7.27. The van der Waals surface area contributed by atoms with Crippen molar-refractivity contribution in [2.24, 2.45) is 5.92 Å². The Bertz CT molecular complexity index is 354. The molecule has 102 valence electrons. The third-order valence-corrected chi connectivity index (χ3v) is 4.08. The van der Waals surface area contributed by atoms with Crippen LogP contribution in [0.4, 0.5) is 0 Å². The third kappa shape index (κ3) is 7.07. The minimum atomic E-state index is 0.232. The summed E-state index contributed by atoms with van der Waals surface area (Å²) in [6.45, 7) is 12.2. The van der Waals surface area contributed by atoms with Gasteiger partial charge in [0.1, 0.15) is 0 Å². The van der Waals surface area contributed by atoms with Gasteiger partial charge in [0.15, 0.2) is 0 Å². The molecule has 1 rings (SSSR count). The van der Waals surface area contributed by atoms with Crippen molar-refractivity contribution in [3.8, 4) is 0 Å². The lowest BCUT2D eigenvalue weighted by atomic mass is 10.1. The maximum Gasteiger partial charge on any atom is 0.0184 e. The molecule has 0 fully saturated rings. The van der Waals surface area contributed by atoms with Crippen LogP contribution >= 0.6 is 11.8 Å². The van der Waals surface area contributed by atoms with Crippen molar-refractivity contribution in [2.45, 2.75) is 45.9 Å². The van der Waals surface area contributed by atoms with Gasteiger partial charge in [0.2, 0.25) is 0 Å². The molecule has 0 saturated heterocycles. The van der Waals surface area contributed by atoms with Gasteiger partial charge in [-0.3, -0.25) is 0 Å². The fourth-order valence-corrected chi connectivity index (χ4v) is 2.77. The van der Waals surface area contributed by atoms with E-state index in [0.29, 0.717) is 0 Å². The molecule has 0 aliphatic carbocycles. The van der Waals surface area contributed by atoms with E-state index in [4.69, 9.17) is 0 Å². The van der Waals surface area contributed by atoms with Crippen LogP contribution in [0.15, 0.2) is 24.3 Å². The van der Waals surface area contributed by atoms with E-state index in [1.807, 2.05) is 11.8 Å². The number of nitrogens with one attached hydrogen (secondary N) is 1. The van der Waals surface area contributed by atoms with Gasteiger partial charge in [-0.05, 0) is 51.5 Å². The zero-order chi connectivity index (χ0) is 13.6. The van der Waals surface area contributed by atoms with Crippen LogP contribution in [-0.4, -0.2) is 17.8 Å². The first-order valence-electron chi connectivity index (χ1n) is 6.75. The SMILES string of the molecule is Cc1cccc(CSCC(C)CNC(C)(C)C)c1. The smallest absolute Gasteiger partial charge is 0.0184 e. The Hall–Kier alpha value is -0.470. The molecule has 0 aromatic heterocycles. The maximum absolute atomic E-state index is 3.57. The molecule has 2 heteroatoms. The fourth-order valence-electron chi connectivity index (χ4n) is 1.72. The lowest BCUT2D eigenvalue weighted by Crippen LogP contribution is -2.39. The number of hydrogen-bond acceptors (Lipinski definition) is 2. The van der Waals surface area contributed by atoms with Gasteiger partial charge in [-0.2, -0.15) is 11.8 Å². The predicted octanol–water partition coefficient (Wildman–Crippen LogP) is 4.25. The zero-order valence-electron chi connectivity index (χ0n) is 12.4. The summed E-state index contributed by atoms with van der Waals surface area (Å²) in [5, 5.41) is 3.57. The predicted molar refractivity (Wildman–Crippen MR) is 84.3 cm³/mol. The standard InChI is InChI=1S/C16H27NS/c1-13-7-6-8-15(9-13)12-18-11-14(2)10-17-16(3,4)5/h6-9,14,17H,10-12H2,1-5H3. The van der Waals surface area contributed by atoms with Crippen LogP contribution in [0.3, 0.4) is 0 Å². The summed E-state index contributed by atoms with van der Waals surface area (Å²) in [6.07, 6.45) is 0. The Morgan fingerprint density at radius 3 is 2.61 bits per heavy atom. The van der Waals surface area contributed by atoms with Crippen LogP contribution in [0.5, 0.6) is 0 Å². The summed E-state index contributed by atoms with van der Waals surface area (Å²) >= 11 is 2.03. The summed E-state index contributed by atoms with van der Waals surface area (Å²) < 4.78 is 0. The van der Waals surface area contributed by atoms with Gasteiger partial charge in [0.05, 0.1) is 0 Å². The summed E-state index contributed by atoms with van der Waals surface area (Å²) in [7, 11) is 0. The molecule has 18 heavy (non-hydrogen) atoms. The highest BCUT2D eigenvalue weighted by atomic mass is 32.2. The van der Waals surface area contributed by atoms with Crippen molar-refractivity contribution in [1.82, 2.24) is 5.32 Å². The molecule has 1 aromatic carbocycles. The molecule has 0 aliphatic heterocycles. The van der Waals surface area contributed by atoms with Crippen LogP contribution in [0.2, 0.25) is 0 Å². The lowest BCUT2D eigenvalue weighted by molar-refractivity contribution is 0.395. The number of aryl methyl sites for hydroxylation is 1. The van der Waals surface area contributed by atoms with Gasteiger partial charge in [-0.25, -0.2) is 0 Å². The fraction of sp³-hybridized carbons (Fsp3) is 0.625. The molecule has 0 aliphatic rings. The first-order valence-corrected chi connectivity index (χ1v) is 7.90. The Morgan fingerprint density at radius 2 is 2.00 bits per heavy atom. The van der Waals surface area contributed by atoms with Gasteiger partial charge in [-0.15, -0.1) is 0 Å². The Labute approximate surface area is 117 Å². The van der Waals surface area contributed by atoms with E-state index < -0.39 is 0 Å². The number of benzene rings is 1. The Kier molecular flexibility index (Phi) is 6.24. The molecular formula is C16H27NS. The van der Waals surface area contributed by atoms with E-state index in [1.54, 1.807) is 0 Å². The van der Waals surface area contributed by atoms with Crippen molar-refractivity contribution in [1.29, 1.82) is 0 Å². The number of rotatable bonds is 6. The highest BCUT2D eigenvalue weighted by Gasteiger charge is 2.10. The molecule has 0 spiro atoms. The normalized spacial score (nSPS) is 13.6. The summed E-state index contributed by atoms with van der Waals surface area (Å²) in [4.78, 5) is 0. The molecule has 0 heterocycles. The second kappa shape index (κ2) is 7.20. The molecule has 0 radical (unpaired) electrons. The molecule has 1 nitrogen and oxygen atoms in total. The molecule has 0 saturated carbocycles. The summed E-state index contributed by atoms with van der Waals surface area (Å²) in [6, 6.07) is 8.81. The maximum atomic E-state index is 3.57. The Balaban J connectivity index is 2.21. The molecule has 1 atom stereocenters. The van der Waals surface area contributed by atoms with Crippen LogP contribution in [0, 0.1) is 12.8 Å². The van der Waals surface area contributed by atoms with E-state index >= 15 is 0 Å². The molecule has 1 aromatic rings. The highest BCUT2D eigenvalue weighted by molar-refractivity contribution is 7.98. The van der Waals surface area contributed by atoms with Gasteiger partial charge < -0.3 is 5.32 Å². The Morgan fingerprint density at radius 1 is 1.28 bits per heavy atom. The largest absolute Gasteiger partial charge is 0.312 e. The second-order valence-electron chi connectivity index (χ2n) is 6.24. The van der Waals surface area contributed by atoms with Crippen LogP contribution in [-0.2, 0) is 5.75 Å². The van der Waals surface area contributed by atoms with Crippen molar-refractivity contribution < 1.29 is 0 Å². The average Bonchev–Trinajstić information content (AvgIpc) is 2.25. The minimum absolute atomic E-state index is 0.232. The van der Waals surface area contributed by atoms with Crippen molar-refractivity contribution in [3.63, 3.8) is 0 Å². The highest BCUT2D eigenvalue weighted by Crippen LogP contribution is 2.16. The van der Waals surface area contributed by atoms with Crippen molar-refractivity contribution in [3.05, 3.63) is 35.4 Å². The molecule has 0 bridgehead atoms. The van der Waals surface area contributed by atoms with Crippen LogP contribution < -0.4 is 5.32 Å². The van der Waals surface area contributed by atoms with Gasteiger partial charge >= 0.3 is 0 Å². The van der Waals surface area contributed by atoms with Crippen molar-refractivity contribution in [2.75, 3.05) is 12.3 Å². The van der Waals surface area contributed by atoms with E-state index in [2.05, 4.69) is 64.2 Å². The van der Waals surface area contributed by atoms with Gasteiger partial charge in [0, 0.05) is 11.3 Å². The van der Waals surface area contributed by atoms with E-state index in [0.717, 1.165) is 18.2 Å². The monoisotopic (exact) mass is 265 g/mol. The van der Waals surface area contributed by atoms with Crippen LogP contribution in [0.1, 0.15) is 38.8 Å². The molecular weight excluding hydrogens is 238 g/mol. The molecule has 1 N–H and O–H groups in total. The van der Waals surface area contributed by atoms with Crippen molar-refractivity contribution >= 4 is 11.8 Å². The van der Waals surface area contributed by atoms with E-state index in [9.17, 15) is 0 Å². The minimum Gasteiger partial charge on any atom is -0.312 e. The van der Waals surface area contributed by atoms with E-state index in [1.165, 1.54) is 16.9 Å². The molecule has 0 amide bonds. The lowest BCUT2D eigenvalue weighted by Gasteiger charge is -2.23. The summed E-state index contributed by atoms with van der Waals surface area (Å²) in [5.74, 6) is 3.07. The van der Waals surface area contributed by atoms with Gasteiger partial charge in [0.25, 0.3) is 0 Å². The van der Waals surface area contributed by atoms with E-state index in [-0.39, 0.29) is 5.54 Å². The van der Waals surface area contributed by atoms with Gasteiger partial charge in [-0.1, -0.05) is 36.8 Å². The number of hydrogen-bond donors (Lipinski definition) is 1. The summed E-state index contributed by atoms with van der Waals surface area (Å²) in [5.41, 5.74) is 3.03. The quantitative estimate of drug-likeness (QED) is 0.825. The number of thioether (sulfide) groups is 1. The zero-order valence-corrected chi connectivity index (χ0v) is 13.2. The average molecular weight is 265 g/mol. The third-order valence-electron chi connectivity index (χ3n) is 2.73. The van der Waals surface area contributed by atoms with Crippen LogP contribution in [0.25, 0.3) is 0 Å². The first kappa shape index (κ1) is 15.6.